The summed E-state index contributed by atoms with van der Waals surface area (Å²) in [5.74, 6) is -0.496. The van der Waals surface area contributed by atoms with Crippen molar-refractivity contribution >= 4 is 33.1 Å². The molecule has 7 nitrogen and oxygen atoms in total. The van der Waals surface area contributed by atoms with Gasteiger partial charge in [0.05, 0.1) is 23.4 Å². The molecular formula is C21H25FN4O3S. The molecule has 30 heavy (non-hydrogen) atoms. The molecule has 0 saturated carbocycles. The second-order valence-electron chi connectivity index (χ2n) is 7.89. The van der Waals surface area contributed by atoms with E-state index in [1.165, 1.54) is 42.0 Å². The molecule has 3 aromatic rings. The number of carbonyl (C=O) groups is 1. The van der Waals surface area contributed by atoms with Gasteiger partial charge in [0.15, 0.2) is 0 Å². The fourth-order valence-electron chi connectivity index (χ4n) is 2.85. The van der Waals surface area contributed by atoms with Crippen LogP contribution in [0.15, 0.2) is 41.5 Å². The summed E-state index contributed by atoms with van der Waals surface area (Å²) in [6, 6.07) is 6.74. The Morgan fingerprint density at radius 1 is 1.37 bits per heavy atom. The Morgan fingerprint density at radius 2 is 2.10 bits per heavy atom. The molecule has 0 aliphatic carbocycles. The largest absolute Gasteiger partial charge is 0.387 e. The van der Waals surface area contributed by atoms with Crippen LogP contribution in [-0.2, 0) is 0 Å². The molecular weight excluding hydrogens is 407 g/mol. The maximum Gasteiger partial charge on any atom is 0.255 e. The van der Waals surface area contributed by atoms with Crippen molar-refractivity contribution in [3.8, 4) is 5.00 Å². The predicted octanol–water partition coefficient (Wildman–Crippen LogP) is 3.11. The van der Waals surface area contributed by atoms with Gasteiger partial charge in [0, 0.05) is 29.9 Å². The number of carbonyl (C=O) groups excluding carboxylic acids is 1. The molecule has 0 radical (unpaired) electrons. The van der Waals surface area contributed by atoms with Gasteiger partial charge in [-0.05, 0) is 39.8 Å². The lowest BCUT2D eigenvalue weighted by molar-refractivity contribution is -0.00177. The molecule has 0 aliphatic rings. The van der Waals surface area contributed by atoms with Gasteiger partial charge in [0.2, 0.25) is 0 Å². The van der Waals surface area contributed by atoms with Crippen molar-refractivity contribution < 1.29 is 14.3 Å². The van der Waals surface area contributed by atoms with Gasteiger partial charge >= 0.3 is 0 Å². The molecule has 3 N–H and O–H groups in total. The molecule has 0 bridgehead atoms. The number of hydrogen-bond donors (Lipinski definition) is 3. The van der Waals surface area contributed by atoms with Crippen molar-refractivity contribution in [1.82, 2.24) is 14.9 Å². The smallest absolute Gasteiger partial charge is 0.255 e. The van der Waals surface area contributed by atoms with Crippen LogP contribution in [0.4, 0.5) is 10.1 Å². The second kappa shape index (κ2) is 8.53. The Kier molecular flexibility index (Phi) is 6.23. The number of aromatic nitrogens is 2. The molecule has 0 unspecified atom stereocenters. The summed E-state index contributed by atoms with van der Waals surface area (Å²) in [7, 11) is 0. The van der Waals surface area contributed by atoms with Crippen LogP contribution in [0.5, 0.6) is 0 Å². The van der Waals surface area contributed by atoms with Gasteiger partial charge in [-0.1, -0.05) is 17.4 Å². The fraction of sp³-hybridized carbons (Fsp3) is 0.381. The van der Waals surface area contributed by atoms with E-state index < -0.39 is 17.7 Å². The number of aliphatic hydroxyl groups is 1. The molecule has 1 amide bonds. The van der Waals surface area contributed by atoms with Crippen molar-refractivity contribution in [1.29, 1.82) is 0 Å². The molecule has 9 heteroatoms. The Bertz CT molecular complexity index is 1120. The molecule has 0 aliphatic heterocycles. The molecule has 0 aromatic carbocycles. The number of anilines is 1. The zero-order chi connectivity index (χ0) is 22.1. The zero-order valence-electron chi connectivity index (χ0n) is 17.3. The van der Waals surface area contributed by atoms with Crippen LogP contribution in [0.25, 0.3) is 15.2 Å². The van der Waals surface area contributed by atoms with E-state index in [9.17, 15) is 19.1 Å². The monoisotopic (exact) mass is 432 g/mol. The number of nitrogens with one attached hydrogen (secondary N) is 2. The van der Waals surface area contributed by atoms with Gasteiger partial charge in [-0.15, -0.1) is 0 Å². The van der Waals surface area contributed by atoms with Crippen molar-refractivity contribution in [3.05, 3.63) is 52.6 Å². The normalized spacial score (nSPS) is 12.9. The highest BCUT2D eigenvalue weighted by Gasteiger charge is 2.27. The van der Waals surface area contributed by atoms with E-state index in [-0.39, 0.29) is 23.7 Å². The zero-order valence-corrected chi connectivity index (χ0v) is 18.1. The highest BCUT2D eigenvalue weighted by molar-refractivity contribution is 7.21. The lowest BCUT2D eigenvalue weighted by atomic mass is 10.0. The molecule has 3 heterocycles. The third kappa shape index (κ3) is 4.68. The topological polar surface area (TPSA) is 96.2 Å². The number of halogens is 1. The second-order valence-corrected chi connectivity index (χ2v) is 8.90. The number of rotatable bonds is 7. The van der Waals surface area contributed by atoms with E-state index in [0.29, 0.717) is 20.9 Å². The quantitative estimate of drug-likeness (QED) is 0.533. The first kappa shape index (κ1) is 21.9. The van der Waals surface area contributed by atoms with E-state index in [0.717, 1.165) is 0 Å². The summed E-state index contributed by atoms with van der Waals surface area (Å²) < 4.78 is 15.6. The number of nitrogens with zero attached hydrogens (tertiary/aromatic N) is 2. The standard InChI is InChI=1S/C21H25FN4O3S/c1-12(2)25-18-13-9-17(26-8-6-5-7-16(26)27)30-20(13)24-10-14(18)19(28)23-11-15(22)21(3,4)29/h5-10,12,15,29H,11H2,1-4H3,(H,23,28)(H,24,25)/t15-/m1/s1. The van der Waals surface area contributed by atoms with Crippen LogP contribution in [0, 0.1) is 0 Å². The third-order valence-corrected chi connectivity index (χ3v) is 5.54. The maximum absolute atomic E-state index is 14.1. The Morgan fingerprint density at radius 3 is 2.73 bits per heavy atom. The van der Waals surface area contributed by atoms with Crippen molar-refractivity contribution in [2.24, 2.45) is 0 Å². The van der Waals surface area contributed by atoms with E-state index in [1.807, 2.05) is 19.9 Å². The SMILES string of the molecule is CC(C)Nc1c(C(=O)NC[C@@H](F)C(C)(C)O)cnc2sc(-n3ccccc3=O)cc12. The van der Waals surface area contributed by atoms with Gasteiger partial charge in [0.25, 0.3) is 11.5 Å². The summed E-state index contributed by atoms with van der Waals surface area (Å²) in [6.07, 6.45) is 1.50. The molecule has 3 aromatic heterocycles. The van der Waals surface area contributed by atoms with Crippen LogP contribution < -0.4 is 16.2 Å². The number of amides is 1. The number of alkyl halides is 1. The van der Waals surface area contributed by atoms with Crippen LogP contribution in [0.2, 0.25) is 0 Å². The maximum atomic E-state index is 14.1. The van der Waals surface area contributed by atoms with Crippen LogP contribution in [0.1, 0.15) is 38.1 Å². The van der Waals surface area contributed by atoms with Crippen LogP contribution in [0.3, 0.4) is 0 Å². The lowest BCUT2D eigenvalue weighted by Crippen LogP contribution is -2.42. The summed E-state index contributed by atoms with van der Waals surface area (Å²) in [5.41, 5.74) is -0.887. The minimum atomic E-state index is -1.61. The summed E-state index contributed by atoms with van der Waals surface area (Å²) in [6.45, 7) is 6.25. The van der Waals surface area contributed by atoms with E-state index in [4.69, 9.17) is 0 Å². The first-order chi connectivity index (χ1) is 14.1. The summed E-state index contributed by atoms with van der Waals surface area (Å²) in [5, 5.41) is 16.9. The minimum Gasteiger partial charge on any atom is -0.387 e. The lowest BCUT2D eigenvalue weighted by Gasteiger charge is -2.23. The van der Waals surface area contributed by atoms with Crippen molar-refractivity contribution in [2.75, 3.05) is 11.9 Å². The fourth-order valence-corrected chi connectivity index (χ4v) is 3.85. The molecule has 160 valence electrons. The summed E-state index contributed by atoms with van der Waals surface area (Å²) in [4.78, 5) is 30.0. The Balaban J connectivity index is 2.01. The van der Waals surface area contributed by atoms with Crippen molar-refractivity contribution in [3.63, 3.8) is 0 Å². The minimum absolute atomic E-state index is 0.0234. The Hall–Kier alpha value is -2.78. The number of pyridine rings is 2. The molecule has 0 saturated heterocycles. The van der Waals surface area contributed by atoms with Gasteiger partial charge in [0.1, 0.15) is 16.0 Å². The van der Waals surface area contributed by atoms with Gasteiger partial charge < -0.3 is 15.7 Å². The molecule has 3 rings (SSSR count). The van der Waals surface area contributed by atoms with E-state index in [2.05, 4.69) is 15.6 Å². The van der Waals surface area contributed by atoms with E-state index in [1.54, 1.807) is 18.3 Å². The molecule has 1 atom stereocenters. The van der Waals surface area contributed by atoms with Crippen LogP contribution in [-0.4, -0.2) is 44.9 Å². The van der Waals surface area contributed by atoms with Crippen LogP contribution >= 0.6 is 11.3 Å². The first-order valence-corrected chi connectivity index (χ1v) is 10.4. The summed E-state index contributed by atoms with van der Waals surface area (Å²) >= 11 is 1.33. The average Bonchev–Trinajstić information content (AvgIpc) is 3.09. The average molecular weight is 433 g/mol. The first-order valence-electron chi connectivity index (χ1n) is 9.59. The van der Waals surface area contributed by atoms with Crippen molar-refractivity contribution in [2.45, 2.75) is 45.5 Å². The highest BCUT2D eigenvalue weighted by Crippen LogP contribution is 2.34. The Labute approximate surface area is 177 Å². The van der Waals surface area contributed by atoms with Gasteiger partial charge in [-0.2, -0.15) is 0 Å². The predicted molar refractivity (Wildman–Crippen MR) is 118 cm³/mol. The highest BCUT2D eigenvalue weighted by atomic mass is 32.1. The van der Waals surface area contributed by atoms with Gasteiger partial charge in [-0.3, -0.25) is 14.2 Å². The number of fused-ring (bicyclic) bond motifs is 1. The molecule has 0 spiro atoms. The van der Waals surface area contributed by atoms with Gasteiger partial charge in [-0.25, -0.2) is 9.37 Å². The number of thiophene rings is 1. The third-order valence-electron chi connectivity index (χ3n) is 4.49. The molecule has 0 fully saturated rings. The van der Waals surface area contributed by atoms with E-state index >= 15 is 0 Å². The number of hydrogen-bond acceptors (Lipinski definition) is 6.